The zero-order chi connectivity index (χ0) is 22.0. The van der Waals surface area contributed by atoms with Crippen molar-refractivity contribution in [3.8, 4) is 28.7 Å². The SMILES string of the molecule is CC(=O)Oc1ccc(C2Oc3cc(O)cc(O)c3CC2OC(C)=O)cc1OC(C)=O. The smallest absolute Gasteiger partial charge is 0.308 e. The number of ether oxygens (including phenoxy) is 4. The number of fused-ring (bicyclic) bond motifs is 1. The fourth-order valence-corrected chi connectivity index (χ4v) is 3.22. The average Bonchev–Trinajstić information content (AvgIpc) is 2.62. The summed E-state index contributed by atoms with van der Waals surface area (Å²) in [6.07, 6.45) is -1.53. The lowest BCUT2D eigenvalue weighted by molar-refractivity contribution is -0.152. The number of phenols is 2. The van der Waals surface area contributed by atoms with E-state index in [2.05, 4.69) is 0 Å². The molecule has 30 heavy (non-hydrogen) atoms. The normalized spacial score (nSPS) is 17.3. The molecule has 0 amide bonds. The third-order valence-corrected chi connectivity index (χ3v) is 4.29. The van der Waals surface area contributed by atoms with E-state index < -0.39 is 30.1 Å². The number of carbonyl (C=O) groups is 3. The maximum absolute atomic E-state index is 11.6. The highest BCUT2D eigenvalue weighted by atomic mass is 16.6. The minimum atomic E-state index is -0.844. The van der Waals surface area contributed by atoms with Crippen LogP contribution in [0.15, 0.2) is 30.3 Å². The zero-order valence-corrected chi connectivity index (χ0v) is 16.5. The zero-order valence-electron chi connectivity index (χ0n) is 16.5. The molecule has 158 valence electrons. The summed E-state index contributed by atoms with van der Waals surface area (Å²) in [6.45, 7) is 3.66. The Kier molecular flexibility index (Phi) is 5.81. The second-order valence-corrected chi connectivity index (χ2v) is 6.73. The van der Waals surface area contributed by atoms with Gasteiger partial charge in [0.2, 0.25) is 0 Å². The van der Waals surface area contributed by atoms with E-state index in [0.717, 1.165) is 0 Å². The van der Waals surface area contributed by atoms with Crippen LogP contribution in [0.2, 0.25) is 0 Å². The van der Waals surface area contributed by atoms with Crippen LogP contribution in [-0.2, 0) is 25.5 Å². The molecule has 0 saturated heterocycles. The lowest BCUT2D eigenvalue weighted by atomic mass is 9.93. The van der Waals surface area contributed by atoms with Crippen molar-refractivity contribution in [3.63, 3.8) is 0 Å². The molecule has 0 bridgehead atoms. The first-order valence-electron chi connectivity index (χ1n) is 9.03. The maximum atomic E-state index is 11.6. The Morgan fingerprint density at radius 2 is 1.60 bits per heavy atom. The molecule has 9 heteroatoms. The molecule has 0 fully saturated rings. The molecule has 3 rings (SSSR count). The molecule has 0 radical (unpaired) electrons. The van der Waals surface area contributed by atoms with Crippen LogP contribution in [0.3, 0.4) is 0 Å². The number of phenolic OH excluding ortho intramolecular Hbond substituents is 2. The fourth-order valence-electron chi connectivity index (χ4n) is 3.22. The summed E-state index contributed by atoms with van der Waals surface area (Å²) in [5, 5.41) is 19.9. The minimum absolute atomic E-state index is 0.00933. The summed E-state index contributed by atoms with van der Waals surface area (Å²) in [5.41, 5.74) is 0.842. The first kappa shape index (κ1) is 21.0. The van der Waals surface area contributed by atoms with E-state index in [4.69, 9.17) is 18.9 Å². The predicted molar refractivity (Wildman–Crippen MR) is 101 cm³/mol. The van der Waals surface area contributed by atoms with Crippen LogP contribution in [-0.4, -0.2) is 34.2 Å². The second kappa shape index (κ2) is 8.32. The van der Waals surface area contributed by atoms with Gasteiger partial charge >= 0.3 is 17.9 Å². The van der Waals surface area contributed by atoms with Crippen molar-refractivity contribution in [2.45, 2.75) is 39.4 Å². The molecular formula is C21H20O9. The number of rotatable bonds is 4. The second-order valence-electron chi connectivity index (χ2n) is 6.73. The molecule has 2 N–H and O–H groups in total. The molecule has 0 aromatic heterocycles. The molecule has 9 nitrogen and oxygen atoms in total. The Morgan fingerprint density at radius 1 is 0.933 bits per heavy atom. The first-order valence-corrected chi connectivity index (χ1v) is 9.03. The third-order valence-electron chi connectivity index (χ3n) is 4.29. The minimum Gasteiger partial charge on any atom is -0.508 e. The van der Waals surface area contributed by atoms with Gasteiger partial charge in [-0.1, -0.05) is 6.07 Å². The van der Waals surface area contributed by atoms with E-state index in [-0.39, 0.29) is 35.2 Å². The van der Waals surface area contributed by atoms with Crippen molar-refractivity contribution in [3.05, 3.63) is 41.5 Å². The fraction of sp³-hybridized carbons (Fsp3) is 0.286. The highest BCUT2D eigenvalue weighted by Crippen LogP contribution is 2.44. The Bertz CT molecular complexity index is 1010. The van der Waals surface area contributed by atoms with Crippen molar-refractivity contribution >= 4 is 17.9 Å². The summed E-state index contributed by atoms with van der Waals surface area (Å²) < 4.78 is 21.5. The van der Waals surface area contributed by atoms with Crippen LogP contribution in [0.4, 0.5) is 0 Å². The Balaban J connectivity index is 2.04. The number of esters is 3. The van der Waals surface area contributed by atoms with Gasteiger partial charge in [-0.15, -0.1) is 0 Å². The quantitative estimate of drug-likeness (QED) is 0.571. The van der Waals surface area contributed by atoms with Gasteiger partial charge in [-0.2, -0.15) is 0 Å². The van der Waals surface area contributed by atoms with Gasteiger partial charge in [-0.25, -0.2) is 0 Å². The largest absolute Gasteiger partial charge is 0.508 e. The standard InChI is InChI=1S/C21H20O9/c1-10(22)27-17-5-4-13(6-19(17)28-11(2)23)21-20(29-12(3)24)9-15-16(26)7-14(25)8-18(15)30-21/h4-8,20-21,25-26H,9H2,1-3H3. The van der Waals surface area contributed by atoms with Crippen LogP contribution >= 0.6 is 0 Å². The van der Waals surface area contributed by atoms with Gasteiger partial charge < -0.3 is 29.2 Å². The molecule has 2 aromatic rings. The third kappa shape index (κ3) is 4.62. The summed E-state index contributed by atoms with van der Waals surface area (Å²) in [5.74, 6) is -1.90. The van der Waals surface area contributed by atoms with Gasteiger partial charge in [-0.05, 0) is 12.1 Å². The summed E-state index contributed by atoms with van der Waals surface area (Å²) in [7, 11) is 0. The highest BCUT2D eigenvalue weighted by molar-refractivity contribution is 5.74. The van der Waals surface area contributed by atoms with Crippen molar-refractivity contribution < 1.29 is 43.5 Å². The topological polar surface area (TPSA) is 129 Å². The predicted octanol–water partition coefficient (Wildman–Crippen LogP) is 2.56. The monoisotopic (exact) mass is 416 g/mol. The van der Waals surface area contributed by atoms with E-state index in [1.165, 1.54) is 45.0 Å². The number of benzene rings is 2. The lowest BCUT2D eigenvalue weighted by Crippen LogP contribution is -2.34. The van der Waals surface area contributed by atoms with E-state index in [9.17, 15) is 24.6 Å². The molecule has 2 atom stereocenters. The van der Waals surface area contributed by atoms with Crippen molar-refractivity contribution in [1.82, 2.24) is 0 Å². The van der Waals surface area contributed by atoms with Crippen LogP contribution in [0.5, 0.6) is 28.7 Å². The molecule has 0 spiro atoms. The summed E-state index contributed by atoms with van der Waals surface area (Å²) in [6, 6.07) is 6.94. The van der Waals surface area contributed by atoms with Crippen LogP contribution in [0.25, 0.3) is 0 Å². The Hall–Kier alpha value is -3.75. The average molecular weight is 416 g/mol. The Labute approximate surface area is 171 Å². The maximum Gasteiger partial charge on any atom is 0.308 e. The number of aromatic hydroxyl groups is 2. The number of carbonyl (C=O) groups excluding carboxylic acids is 3. The first-order chi connectivity index (χ1) is 14.1. The molecule has 0 saturated carbocycles. The molecule has 1 heterocycles. The molecule has 1 aliphatic heterocycles. The van der Waals surface area contributed by atoms with E-state index in [1.807, 2.05) is 0 Å². The van der Waals surface area contributed by atoms with Gasteiger partial charge in [0.25, 0.3) is 0 Å². The van der Waals surface area contributed by atoms with Crippen LogP contribution < -0.4 is 14.2 Å². The molecular weight excluding hydrogens is 396 g/mol. The van der Waals surface area contributed by atoms with Crippen molar-refractivity contribution in [2.24, 2.45) is 0 Å². The van der Waals surface area contributed by atoms with Crippen LogP contribution in [0.1, 0.15) is 38.0 Å². The van der Waals surface area contributed by atoms with Crippen LogP contribution in [0, 0.1) is 0 Å². The van der Waals surface area contributed by atoms with Gasteiger partial charge in [0.1, 0.15) is 23.4 Å². The van der Waals surface area contributed by atoms with Crippen molar-refractivity contribution in [1.29, 1.82) is 0 Å². The van der Waals surface area contributed by atoms with E-state index >= 15 is 0 Å². The van der Waals surface area contributed by atoms with Gasteiger partial charge in [0.05, 0.1) is 0 Å². The van der Waals surface area contributed by atoms with Gasteiger partial charge in [0, 0.05) is 50.5 Å². The highest BCUT2D eigenvalue weighted by Gasteiger charge is 2.36. The number of hydrogen-bond acceptors (Lipinski definition) is 9. The van der Waals surface area contributed by atoms with Gasteiger partial charge in [-0.3, -0.25) is 14.4 Å². The van der Waals surface area contributed by atoms with Gasteiger partial charge in [0.15, 0.2) is 17.6 Å². The summed E-state index contributed by atoms with van der Waals surface area (Å²) >= 11 is 0. The van der Waals surface area contributed by atoms with E-state index in [1.54, 1.807) is 6.07 Å². The molecule has 1 aliphatic rings. The summed E-state index contributed by atoms with van der Waals surface area (Å²) in [4.78, 5) is 34.4. The molecule has 2 aromatic carbocycles. The van der Waals surface area contributed by atoms with Crippen molar-refractivity contribution in [2.75, 3.05) is 0 Å². The van der Waals surface area contributed by atoms with E-state index in [0.29, 0.717) is 11.1 Å². The number of hydrogen-bond donors (Lipinski definition) is 2. The molecule has 0 aliphatic carbocycles. The molecule has 2 unspecified atom stereocenters. The lowest BCUT2D eigenvalue weighted by Gasteiger charge is -2.33. The Morgan fingerprint density at radius 3 is 2.23 bits per heavy atom.